The van der Waals surface area contributed by atoms with Crippen LogP contribution in [-0.4, -0.2) is 73.3 Å². The van der Waals surface area contributed by atoms with E-state index in [9.17, 15) is 24.3 Å². The van der Waals surface area contributed by atoms with Gasteiger partial charge in [0.1, 0.15) is 22.8 Å². The fraction of sp³-hybridized carbons (Fsp3) is 0.238. The molecular formula is C21H19N5O7S3. The van der Waals surface area contributed by atoms with Crippen LogP contribution in [0.3, 0.4) is 0 Å². The van der Waals surface area contributed by atoms with E-state index in [0.29, 0.717) is 16.4 Å². The zero-order chi connectivity index (χ0) is 25.8. The fourth-order valence-corrected chi connectivity index (χ4v) is 6.54. The van der Waals surface area contributed by atoms with Crippen LogP contribution in [0.4, 0.5) is 5.13 Å². The molecule has 1 aromatic heterocycles. The predicted octanol–water partition coefficient (Wildman–Crippen LogP) is 1.16. The molecule has 5 N–H and O–H groups in total. The van der Waals surface area contributed by atoms with E-state index in [1.54, 1.807) is 0 Å². The molecule has 0 bridgehead atoms. The number of anilines is 1. The van der Waals surface area contributed by atoms with Gasteiger partial charge in [-0.15, -0.1) is 34.9 Å². The number of nitrogen functional groups attached to an aromatic ring is 1. The SMILES string of the molecule is Nc1nc(/C(=N\OCC(=O)O)C(=O)N[C@@H]2C(=O)N3C(C(=O)O)=C(SCc4ccccc4)CS[C@H]23)cs1. The summed E-state index contributed by atoms with van der Waals surface area (Å²) in [5.74, 6) is -3.04. The Morgan fingerprint density at radius 2 is 2.03 bits per heavy atom. The van der Waals surface area contributed by atoms with Crippen LogP contribution in [0.2, 0.25) is 0 Å². The highest BCUT2D eigenvalue weighted by Gasteiger charge is 2.54. The summed E-state index contributed by atoms with van der Waals surface area (Å²) in [5, 5.41) is 25.6. The highest BCUT2D eigenvalue weighted by atomic mass is 32.2. The third-order valence-corrected chi connectivity index (χ3v) is 8.30. The lowest BCUT2D eigenvalue weighted by molar-refractivity contribution is -0.150. The van der Waals surface area contributed by atoms with Crippen LogP contribution in [0.15, 0.2) is 51.5 Å². The average molecular weight is 550 g/mol. The van der Waals surface area contributed by atoms with E-state index in [-0.39, 0.29) is 22.2 Å². The van der Waals surface area contributed by atoms with Crippen LogP contribution in [-0.2, 0) is 29.8 Å². The molecular weight excluding hydrogens is 530 g/mol. The minimum Gasteiger partial charge on any atom is -0.479 e. The van der Waals surface area contributed by atoms with E-state index in [4.69, 9.17) is 15.7 Å². The summed E-state index contributed by atoms with van der Waals surface area (Å²) < 4.78 is 0. The summed E-state index contributed by atoms with van der Waals surface area (Å²) in [6, 6.07) is 8.53. The second-order valence-corrected chi connectivity index (χ2v) is 10.5. The molecule has 0 radical (unpaired) electrons. The second kappa shape index (κ2) is 11.0. The number of oxime groups is 1. The number of nitrogens with zero attached hydrogens (tertiary/aromatic N) is 3. The number of thioether (sulfide) groups is 2. The van der Waals surface area contributed by atoms with Crippen molar-refractivity contribution in [3.8, 4) is 0 Å². The number of aromatic nitrogens is 1. The number of aliphatic carboxylic acids is 2. The number of benzene rings is 1. The molecule has 1 aromatic carbocycles. The van der Waals surface area contributed by atoms with Crippen LogP contribution < -0.4 is 11.1 Å². The van der Waals surface area contributed by atoms with Crippen molar-refractivity contribution in [3.05, 3.63) is 57.6 Å². The van der Waals surface area contributed by atoms with Crippen molar-refractivity contribution < 1.29 is 34.2 Å². The number of hydrogen-bond acceptors (Lipinski definition) is 11. The van der Waals surface area contributed by atoms with Gasteiger partial charge in [0.2, 0.25) is 6.61 Å². The number of nitrogens with two attached hydrogens (primary N) is 1. The maximum absolute atomic E-state index is 12.9. The smallest absolute Gasteiger partial charge is 0.353 e. The molecule has 188 valence electrons. The highest BCUT2D eigenvalue weighted by Crippen LogP contribution is 2.44. The Balaban J connectivity index is 1.49. The summed E-state index contributed by atoms with van der Waals surface area (Å²) >= 11 is 3.72. The van der Waals surface area contributed by atoms with Crippen molar-refractivity contribution in [2.24, 2.45) is 5.16 Å². The number of nitrogens with one attached hydrogen (secondary N) is 1. The number of amides is 2. The Morgan fingerprint density at radius 3 is 2.67 bits per heavy atom. The molecule has 3 heterocycles. The van der Waals surface area contributed by atoms with Gasteiger partial charge in [-0.3, -0.25) is 14.5 Å². The summed E-state index contributed by atoms with van der Waals surface area (Å²) in [4.78, 5) is 59.0. The number of carboxylic acids is 2. The molecule has 12 nitrogen and oxygen atoms in total. The van der Waals surface area contributed by atoms with Crippen molar-refractivity contribution in [1.29, 1.82) is 0 Å². The largest absolute Gasteiger partial charge is 0.479 e. The standard InChI is InChI=1S/C21H19N5O7S3/c22-21-23-11(8-36-21)14(25-33-6-13(27)28)17(29)24-15-18(30)26-16(20(31)32)12(9-35-19(15)26)34-7-10-4-2-1-3-5-10/h1-5,8,15,19H,6-7,9H2,(H2,22,23)(H,24,29)(H,27,28)(H,31,32)/b25-14+/t15-,19-/m1/s1. The first kappa shape index (κ1) is 25.5. The Labute approximate surface area is 216 Å². The predicted molar refractivity (Wildman–Crippen MR) is 134 cm³/mol. The highest BCUT2D eigenvalue weighted by molar-refractivity contribution is 8.05. The van der Waals surface area contributed by atoms with E-state index < -0.39 is 41.8 Å². The van der Waals surface area contributed by atoms with Gasteiger partial charge in [-0.2, -0.15) is 0 Å². The number of carboxylic acid groups (broad SMARTS) is 2. The normalized spacial score (nSPS) is 19.4. The van der Waals surface area contributed by atoms with Crippen molar-refractivity contribution >= 4 is 69.5 Å². The van der Waals surface area contributed by atoms with Gasteiger partial charge in [0.05, 0.1) is 0 Å². The Morgan fingerprint density at radius 1 is 1.28 bits per heavy atom. The van der Waals surface area contributed by atoms with E-state index >= 15 is 0 Å². The Hall–Kier alpha value is -3.56. The lowest BCUT2D eigenvalue weighted by atomic mass is 10.0. The van der Waals surface area contributed by atoms with Crippen LogP contribution >= 0.6 is 34.9 Å². The summed E-state index contributed by atoms with van der Waals surface area (Å²) in [6.07, 6.45) is 0. The molecule has 2 atom stereocenters. The first-order valence-corrected chi connectivity index (χ1v) is 13.2. The van der Waals surface area contributed by atoms with Crippen molar-refractivity contribution in [2.75, 3.05) is 18.1 Å². The van der Waals surface area contributed by atoms with E-state index in [1.807, 2.05) is 30.3 Å². The van der Waals surface area contributed by atoms with Gasteiger partial charge in [0, 0.05) is 21.8 Å². The maximum Gasteiger partial charge on any atom is 0.353 e. The maximum atomic E-state index is 12.9. The van der Waals surface area contributed by atoms with E-state index in [1.165, 1.54) is 33.8 Å². The molecule has 0 spiro atoms. The van der Waals surface area contributed by atoms with E-state index in [0.717, 1.165) is 16.9 Å². The molecule has 15 heteroatoms. The minimum absolute atomic E-state index is 0.0473. The van der Waals surface area contributed by atoms with Gasteiger partial charge < -0.3 is 26.1 Å². The summed E-state index contributed by atoms with van der Waals surface area (Å²) in [6.45, 7) is -0.790. The first-order chi connectivity index (χ1) is 17.3. The van der Waals surface area contributed by atoms with Crippen LogP contribution in [0.25, 0.3) is 0 Å². The Kier molecular flexibility index (Phi) is 7.81. The van der Waals surface area contributed by atoms with Gasteiger partial charge in [-0.1, -0.05) is 35.5 Å². The van der Waals surface area contributed by atoms with Gasteiger partial charge >= 0.3 is 11.9 Å². The fourth-order valence-electron chi connectivity index (χ4n) is 3.41. The monoisotopic (exact) mass is 549 g/mol. The molecule has 0 unspecified atom stereocenters. The molecule has 0 saturated carbocycles. The molecule has 2 aliphatic rings. The number of rotatable bonds is 10. The number of β-lactam (4-membered cyclic amide) rings is 1. The van der Waals surface area contributed by atoms with Crippen LogP contribution in [0.1, 0.15) is 11.3 Å². The van der Waals surface area contributed by atoms with Gasteiger partial charge in [-0.05, 0) is 5.56 Å². The van der Waals surface area contributed by atoms with Crippen LogP contribution in [0, 0.1) is 0 Å². The molecule has 2 aromatic rings. The molecule has 0 aliphatic carbocycles. The van der Waals surface area contributed by atoms with Crippen molar-refractivity contribution in [3.63, 3.8) is 0 Å². The van der Waals surface area contributed by atoms with Gasteiger partial charge in [0.15, 0.2) is 10.8 Å². The first-order valence-electron chi connectivity index (χ1n) is 10.3. The topological polar surface area (TPSA) is 185 Å². The van der Waals surface area contributed by atoms with Crippen molar-refractivity contribution in [1.82, 2.24) is 15.2 Å². The second-order valence-electron chi connectivity index (χ2n) is 7.39. The third-order valence-electron chi connectivity index (χ3n) is 5.00. The lowest BCUT2D eigenvalue weighted by Gasteiger charge is -2.49. The van der Waals surface area contributed by atoms with E-state index in [2.05, 4.69) is 15.5 Å². The molecule has 1 saturated heterocycles. The molecule has 2 amide bonds. The molecule has 4 rings (SSSR count). The Bertz CT molecular complexity index is 1260. The van der Waals surface area contributed by atoms with Gasteiger partial charge in [-0.25, -0.2) is 14.6 Å². The lowest BCUT2D eigenvalue weighted by Crippen LogP contribution is -2.71. The quantitative estimate of drug-likeness (QED) is 0.189. The zero-order valence-electron chi connectivity index (χ0n) is 18.3. The average Bonchev–Trinajstić information content (AvgIpc) is 3.29. The third kappa shape index (κ3) is 5.47. The summed E-state index contributed by atoms with van der Waals surface area (Å²) in [5.41, 5.74) is 6.23. The minimum atomic E-state index is -1.30. The molecule has 2 aliphatic heterocycles. The summed E-state index contributed by atoms with van der Waals surface area (Å²) in [7, 11) is 0. The van der Waals surface area contributed by atoms with Crippen molar-refractivity contribution in [2.45, 2.75) is 17.2 Å². The number of thiazole rings is 1. The zero-order valence-corrected chi connectivity index (χ0v) is 20.8. The number of hydrogen-bond donors (Lipinski definition) is 4. The number of carbonyl (C=O) groups excluding carboxylic acids is 2. The number of carbonyl (C=O) groups is 4. The van der Waals surface area contributed by atoms with Crippen LogP contribution in [0.5, 0.6) is 0 Å². The van der Waals surface area contributed by atoms with Gasteiger partial charge in [0.25, 0.3) is 11.8 Å². The molecule has 1 fully saturated rings. The number of fused-ring (bicyclic) bond motifs is 1. The molecule has 36 heavy (non-hydrogen) atoms.